The van der Waals surface area contributed by atoms with Crippen LogP contribution in [0.5, 0.6) is 11.6 Å². The number of likely N-dealkylation sites (tertiary alicyclic amines) is 2. The fourth-order valence-electron chi connectivity index (χ4n) is 8.50. The van der Waals surface area contributed by atoms with Crippen molar-refractivity contribution in [2.45, 2.75) is 57.8 Å². The van der Waals surface area contributed by atoms with Crippen LogP contribution in [-0.4, -0.2) is 114 Å². The molecule has 1 aromatic carbocycles. The van der Waals surface area contributed by atoms with E-state index in [2.05, 4.69) is 9.88 Å². The monoisotopic (exact) mass is 800 g/mol. The first-order chi connectivity index (χ1) is 27.0. The van der Waals surface area contributed by atoms with Gasteiger partial charge in [-0.2, -0.15) is 0 Å². The molecule has 14 nitrogen and oxygen atoms in total. The molecule has 0 radical (unpaired) electrons. The average molecular weight is 802 g/mol. The quantitative estimate of drug-likeness (QED) is 0.164. The molecule has 3 aliphatic rings. The molecule has 2 saturated heterocycles. The molecule has 8 rings (SSSR count). The molecule has 3 fully saturated rings. The van der Waals surface area contributed by atoms with Gasteiger partial charge in [-0.05, 0) is 49.9 Å². The van der Waals surface area contributed by atoms with Crippen molar-refractivity contribution in [1.82, 2.24) is 39.3 Å². The predicted molar refractivity (Wildman–Crippen MR) is 210 cm³/mol. The normalized spacial score (nSPS) is 17.1. The first-order valence-corrected chi connectivity index (χ1v) is 19.3. The van der Waals surface area contributed by atoms with Gasteiger partial charge in [0.05, 0.1) is 54.8 Å². The fourth-order valence-corrected chi connectivity index (χ4v) is 9.14. The average Bonchev–Trinajstić information content (AvgIpc) is 3.58. The van der Waals surface area contributed by atoms with Crippen LogP contribution in [0.3, 0.4) is 0 Å². The van der Waals surface area contributed by atoms with Gasteiger partial charge in [0.1, 0.15) is 0 Å². The van der Waals surface area contributed by atoms with E-state index < -0.39 is 6.09 Å². The Morgan fingerprint density at radius 1 is 0.982 bits per heavy atom. The predicted octanol–water partition coefficient (Wildman–Crippen LogP) is 6.29. The zero-order valence-electron chi connectivity index (χ0n) is 31.3. The first-order valence-electron chi connectivity index (χ1n) is 18.5. The molecule has 16 heteroatoms. The van der Waals surface area contributed by atoms with E-state index in [-0.39, 0.29) is 35.9 Å². The molecular formula is C40H42Cl2N8O6. The lowest BCUT2D eigenvalue weighted by Gasteiger charge is -2.57. The van der Waals surface area contributed by atoms with Gasteiger partial charge >= 0.3 is 6.09 Å². The van der Waals surface area contributed by atoms with Crippen molar-refractivity contribution in [2.75, 3.05) is 40.4 Å². The van der Waals surface area contributed by atoms with Gasteiger partial charge in [0.15, 0.2) is 17.2 Å². The number of carbonyl (C=O) groups excluding carboxylic acids is 1. The number of carbonyl (C=O) groups is 2. The van der Waals surface area contributed by atoms with Gasteiger partial charge in [0.25, 0.3) is 0 Å². The second-order valence-electron chi connectivity index (χ2n) is 15.0. The molecule has 56 heavy (non-hydrogen) atoms. The van der Waals surface area contributed by atoms with Gasteiger partial charge in [-0.3, -0.25) is 14.7 Å². The summed E-state index contributed by atoms with van der Waals surface area (Å²) < 4.78 is 13.1. The topological polar surface area (TPSA) is 159 Å². The van der Waals surface area contributed by atoms with Gasteiger partial charge < -0.3 is 29.5 Å². The number of aromatic nitrogens is 5. The van der Waals surface area contributed by atoms with Crippen LogP contribution in [0.2, 0.25) is 10.0 Å². The minimum Gasteiger partial charge on any atom is -0.493 e. The van der Waals surface area contributed by atoms with Gasteiger partial charge in [-0.1, -0.05) is 41.4 Å². The number of methoxy groups -OCH3 is 2. The summed E-state index contributed by atoms with van der Waals surface area (Å²) in [4.78, 5) is 43.8. The smallest absolute Gasteiger partial charge is 0.407 e. The van der Waals surface area contributed by atoms with Crippen molar-refractivity contribution in [2.24, 2.45) is 5.41 Å². The summed E-state index contributed by atoms with van der Waals surface area (Å²) in [7, 11) is 3.08. The van der Waals surface area contributed by atoms with Crippen LogP contribution in [-0.2, 0) is 17.9 Å². The van der Waals surface area contributed by atoms with E-state index in [1.807, 2.05) is 30.5 Å². The molecule has 5 aromatic rings. The minimum atomic E-state index is -1.04. The number of aliphatic hydroxyl groups is 1. The molecule has 0 bridgehead atoms. The maximum atomic E-state index is 12.4. The van der Waals surface area contributed by atoms with Crippen LogP contribution in [0.1, 0.15) is 44.0 Å². The number of benzene rings is 1. The number of pyridine rings is 3. The Kier molecular flexibility index (Phi) is 10.2. The highest BCUT2D eigenvalue weighted by Crippen LogP contribution is 2.48. The lowest BCUT2D eigenvalue weighted by molar-refractivity contribution is -0.131. The number of carboxylic acid groups (broad SMARTS) is 1. The van der Waals surface area contributed by atoms with Crippen molar-refractivity contribution in [3.8, 4) is 45.3 Å². The van der Waals surface area contributed by atoms with E-state index >= 15 is 0 Å². The van der Waals surface area contributed by atoms with E-state index in [9.17, 15) is 19.8 Å². The third-order valence-electron chi connectivity index (χ3n) is 11.3. The van der Waals surface area contributed by atoms with Gasteiger partial charge in [0, 0.05) is 84.8 Å². The number of nitrogens with zero attached hydrogens (tertiary/aromatic N) is 8. The highest BCUT2D eigenvalue weighted by Gasteiger charge is 2.51. The van der Waals surface area contributed by atoms with Crippen molar-refractivity contribution in [3.05, 3.63) is 76.3 Å². The number of piperidine rings is 1. The van der Waals surface area contributed by atoms with Crippen LogP contribution in [0, 0.1) is 5.41 Å². The lowest BCUT2D eigenvalue weighted by atomic mass is 9.62. The summed E-state index contributed by atoms with van der Waals surface area (Å²) in [5.74, 6) is 1.48. The highest BCUT2D eigenvalue weighted by molar-refractivity contribution is 6.39. The lowest BCUT2D eigenvalue weighted by Crippen LogP contribution is -2.63. The standard InChI is InChI=1S/C40H42Cl2N8O6/c1-23(51)48-13-10-26(11-14-48)49(39(53)54)18-24-7-8-31(44-38(24)56-3)30-6-4-5-28(34(30)41)29-9-12-43-36(35(29)42)25-15-32(55-2)37-45-33(46-50(37)19-25)20-47-21-40(22-47)16-27(52)17-40/h4-9,12,15,19,26-27,52H,10-11,13-14,16-18,20-22H2,1-3H3,(H,53,54). The molecule has 1 spiro atoms. The van der Waals surface area contributed by atoms with Crippen molar-refractivity contribution in [1.29, 1.82) is 0 Å². The van der Waals surface area contributed by atoms with Gasteiger partial charge in [-0.15, -0.1) is 5.10 Å². The van der Waals surface area contributed by atoms with Crippen LogP contribution in [0.25, 0.3) is 39.3 Å². The second kappa shape index (κ2) is 15.1. The van der Waals surface area contributed by atoms with Crippen molar-refractivity contribution in [3.63, 3.8) is 0 Å². The Morgan fingerprint density at radius 2 is 1.71 bits per heavy atom. The molecule has 2 amide bonds. The third kappa shape index (κ3) is 7.10. The van der Waals surface area contributed by atoms with E-state index in [4.69, 9.17) is 47.7 Å². The Morgan fingerprint density at radius 3 is 2.39 bits per heavy atom. The number of aliphatic hydroxyl groups excluding tert-OH is 1. The molecule has 4 aromatic heterocycles. The maximum absolute atomic E-state index is 12.4. The summed E-state index contributed by atoms with van der Waals surface area (Å²) >= 11 is 14.3. The summed E-state index contributed by atoms with van der Waals surface area (Å²) in [5.41, 5.74) is 5.13. The number of hydrogen-bond donors (Lipinski definition) is 2. The van der Waals surface area contributed by atoms with E-state index in [0.717, 1.165) is 25.9 Å². The maximum Gasteiger partial charge on any atom is 0.407 e. The largest absolute Gasteiger partial charge is 0.493 e. The van der Waals surface area contributed by atoms with Crippen molar-refractivity contribution >= 4 is 40.8 Å². The molecular weight excluding hydrogens is 759 g/mol. The fraction of sp³-hybridized carbons (Fsp3) is 0.400. The number of halogens is 2. The molecule has 1 saturated carbocycles. The molecule has 2 N–H and O–H groups in total. The Bertz CT molecular complexity index is 2320. The van der Waals surface area contributed by atoms with Crippen LogP contribution in [0.15, 0.2) is 54.9 Å². The Balaban J connectivity index is 1.05. The molecule has 6 heterocycles. The number of rotatable bonds is 10. The van der Waals surface area contributed by atoms with Crippen LogP contribution < -0.4 is 9.47 Å². The minimum absolute atomic E-state index is 0.0102. The summed E-state index contributed by atoms with van der Waals surface area (Å²) in [6, 6.07) is 12.6. The molecule has 292 valence electrons. The molecule has 0 unspecified atom stereocenters. The number of hydrogen-bond acceptors (Lipinski definition) is 10. The zero-order chi connectivity index (χ0) is 39.3. The molecule has 0 atom stereocenters. The number of amides is 2. The van der Waals surface area contributed by atoms with Crippen LogP contribution in [0.4, 0.5) is 4.79 Å². The van der Waals surface area contributed by atoms with E-state index in [1.54, 1.807) is 40.9 Å². The summed E-state index contributed by atoms with van der Waals surface area (Å²) in [6.45, 7) is 5.10. The van der Waals surface area contributed by atoms with Crippen LogP contribution >= 0.6 is 23.2 Å². The SMILES string of the molecule is COc1nc(-c2cccc(-c3ccnc(-c4cc(OC)c5nc(CN6CC7(CC(O)C7)C6)nn5c4)c3Cl)c2Cl)ccc1CN(C(=O)O)C1CCN(C(C)=O)CC1. The summed E-state index contributed by atoms with van der Waals surface area (Å²) in [5, 5.41) is 25.4. The highest BCUT2D eigenvalue weighted by atomic mass is 35.5. The first kappa shape index (κ1) is 37.9. The van der Waals surface area contributed by atoms with Gasteiger partial charge in [-0.25, -0.2) is 19.3 Å². The van der Waals surface area contributed by atoms with E-state index in [0.29, 0.717) is 98.9 Å². The molecule has 1 aliphatic carbocycles. The Hall–Kier alpha value is -5.02. The molecule has 2 aliphatic heterocycles. The van der Waals surface area contributed by atoms with Crippen molar-refractivity contribution < 1.29 is 29.3 Å². The third-order valence-corrected chi connectivity index (χ3v) is 12.1. The Labute approximate surface area is 333 Å². The summed E-state index contributed by atoms with van der Waals surface area (Å²) in [6.07, 6.45) is 5.12. The second-order valence-corrected chi connectivity index (χ2v) is 15.8. The van der Waals surface area contributed by atoms with Gasteiger partial charge in [0.2, 0.25) is 11.8 Å². The zero-order valence-corrected chi connectivity index (χ0v) is 32.8. The number of ether oxygens (including phenoxy) is 2. The van der Waals surface area contributed by atoms with E-state index in [1.165, 1.54) is 18.9 Å². The number of fused-ring (bicyclic) bond motifs is 1.